The van der Waals surface area contributed by atoms with Crippen LogP contribution in [-0.2, 0) is 4.79 Å². The smallest absolute Gasteiger partial charge is 0.224 e. The molecule has 0 aliphatic carbocycles. The molecule has 0 saturated carbocycles. The molecule has 1 N–H and O–H groups in total. The van der Waals surface area contributed by atoms with Crippen molar-refractivity contribution < 1.29 is 9.53 Å². The zero-order chi connectivity index (χ0) is 12.7. The van der Waals surface area contributed by atoms with Crippen LogP contribution in [-0.4, -0.2) is 12.5 Å². The molecular weight excluding hydrogens is 214 g/mol. The predicted octanol–water partition coefficient (Wildman–Crippen LogP) is 3.46. The maximum atomic E-state index is 11.7. The lowest BCUT2D eigenvalue weighted by Gasteiger charge is -2.11. The average molecular weight is 235 g/mol. The number of para-hydroxylation sites is 2. The molecule has 1 amide bonds. The number of carbonyl (C=O) groups is 1. The second-order valence-electron chi connectivity index (χ2n) is 4.41. The Hall–Kier alpha value is -1.51. The molecule has 0 fully saturated rings. The third-order valence-electron chi connectivity index (χ3n) is 2.41. The van der Waals surface area contributed by atoms with Crippen molar-refractivity contribution in [2.45, 2.75) is 33.6 Å². The van der Waals surface area contributed by atoms with Gasteiger partial charge in [-0.05, 0) is 31.4 Å². The van der Waals surface area contributed by atoms with Crippen molar-refractivity contribution in [3.63, 3.8) is 0 Å². The molecule has 1 aromatic carbocycles. The van der Waals surface area contributed by atoms with Crippen molar-refractivity contribution in [3.8, 4) is 5.75 Å². The molecule has 0 unspecified atom stereocenters. The number of hydrogen-bond donors (Lipinski definition) is 1. The van der Waals surface area contributed by atoms with Crippen LogP contribution in [0.15, 0.2) is 24.3 Å². The van der Waals surface area contributed by atoms with E-state index in [9.17, 15) is 4.79 Å². The van der Waals surface area contributed by atoms with Gasteiger partial charge in [-0.3, -0.25) is 4.79 Å². The molecule has 0 aromatic heterocycles. The minimum absolute atomic E-state index is 0.0471. The Bertz CT molecular complexity index is 361. The second kappa shape index (κ2) is 6.94. The third kappa shape index (κ3) is 4.89. The van der Waals surface area contributed by atoms with Gasteiger partial charge in [-0.25, -0.2) is 0 Å². The van der Waals surface area contributed by atoms with Crippen molar-refractivity contribution in [1.82, 2.24) is 0 Å². The Balaban J connectivity index is 2.58. The number of benzene rings is 1. The zero-order valence-electron chi connectivity index (χ0n) is 10.8. The van der Waals surface area contributed by atoms with Crippen LogP contribution < -0.4 is 10.1 Å². The first kappa shape index (κ1) is 13.6. The van der Waals surface area contributed by atoms with E-state index in [2.05, 4.69) is 19.2 Å². The highest BCUT2D eigenvalue weighted by atomic mass is 16.5. The summed E-state index contributed by atoms with van der Waals surface area (Å²) in [5, 5.41) is 2.89. The molecule has 1 rings (SSSR count). The van der Waals surface area contributed by atoms with E-state index < -0.39 is 0 Å². The molecule has 17 heavy (non-hydrogen) atoms. The van der Waals surface area contributed by atoms with Crippen LogP contribution in [0.1, 0.15) is 33.6 Å². The quantitative estimate of drug-likeness (QED) is 0.820. The van der Waals surface area contributed by atoms with Gasteiger partial charge in [0.15, 0.2) is 0 Å². The number of ether oxygens (including phenoxy) is 1. The summed E-state index contributed by atoms with van der Waals surface area (Å²) in [6, 6.07) is 7.51. The third-order valence-corrected chi connectivity index (χ3v) is 2.41. The Morgan fingerprint density at radius 3 is 2.71 bits per heavy atom. The number of anilines is 1. The van der Waals surface area contributed by atoms with Crippen molar-refractivity contribution in [1.29, 1.82) is 0 Å². The molecule has 0 aliphatic heterocycles. The van der Waals surface area contributed by atoms with Gasteiger partial charge in [0.1, 0.15) is 5.75 Å². The van der Waals surface area contributed by atoms with Gasteiger partial charge < -0.3 is 10.1 Å². The maximum Gasteiger partial charge on any atom is 0.224 e. The summed E-state index contributed by atoms with van der Waals surface area (Å²) < 4.78 is 5.45. The first-order valence-corrected chi connectivity index (χ1v) is 6.15. The number of hydrogen-bond acceptors (Lipinski definition) is 2. The van der Waals surface area contributed by atoms with Gasteiger partial charge >= 0.3 is 0 Å². The largest absolute Gasteiger partial charge is 0.492 e. The van der Waals surface area contributed by atoms with Crippen molar-refractivity contribution in [2.75, 3.05) is 11.9 Å². The van der Waals surface area contributed by atoms with Crippen LogP contribution in [0.3, 0.4) is 0 Å². The van der Waals surface area contributed by atoms with Crippen LogP contribution in [0.4, 0.5) is 5.69 Å². The van der Waals surface area contributed by atoms with E-state index in [1.54, 1.807) is 0 Å². The summed E-state index contributed by atoms with van der Waals surface area (Å²) in [5.74, 6) is 1.32. The van der Waals surface area contributed by atoms with E-state index in [4.69, 9.17) is 4.74 Å². The number of amides is 1. The molecule has 0 spiro atoms. The standard InChI is InChI=1S/C14H21NO2/c1-4-17-13-8-6-5-7-12(13)15-14(16)10-9-11(2)3/h5-8,11H,4,9-10H2,1-3H3,(H,15,16). The Kier molecular flexibility index (Phi) is 5.53. The molecule has 0 aliphatic rings. The summed E-state index contributed by atoms with van der Waals surface area (Å²) in [4.78, 5) is 11.7. The summed E-state index contributed by atoms with van der Waals surface area (Å²) in [7, 11) is 0. The van der Waals surface area contributed by atoms with Crippen LogP contribution in [0, 0.1) is 5.92 Å². The number of nitrogens with one attached hydrogen (secondary N) is 1. The van der Waals surface area contributed by atoms with Gasteiger partial charge in [0.05, 0.1) is 12.3 Å². The van der Waals surface area contributed by atoms with Gasteiger partial charge in [0, 0.05) is 6.42 Å². The zero-order valence-corrected chi connectivity index (χ0v) is 10.8. The first-order valence-electron chi connectivity index (χ1n) is 6.15. The monoisotopic (exact) mass is 235 g/mol. The lowest BCUT2D eigenvalue weighted by atomic mass is 10.1. The van der Waals surface area contributed by atoms with E-state index in [1.807, 2.05) is 31.2 Å². The van der Waals surface area contributed by atoms with Crippen LogP contribution >= 0.6 is 0 Å². The SMILES string of the molecule is CCOc1ccccc1NC(=O)CCC(C)C. The van der Waals surface area contributed by atoms with E-state index in [-0.39, 0.29) is 5.91 Å². The fourth-order valence-corrected chi connectivity index (χ4v) is 1.48. The first-order chi connectivity index (χ1) is 8.13. The highest BCUT2D eigenvalue weighted by Crippen LogP contribution is 2.23. The van der Waals surface area contributed by atoms with Crippen LogP contribution in [0.2, 0.25) is 0 Å². The van der Waals surface area contributed by atoms with Gasteiger partial charge in [0.25, 0.3) is 0 Å². The Morgan fingerprint density at radius 1 is 1.35 bits per heavy atom. The molecule has 3 heteroatoms. The topological polar surface area (TPSA) is 38.3 Å². The average Bonchev–Trinajstić information content (AvgIpc) is 2.29. The molecule has 0 saturated heterocycles. The molecule has 0 atom stereocenters. The van der Waals surface area contributed by atoms with E-state index in [0.717, 1.165) is 17.9 Å². The predicted molar refractivity (Wildman–Crippen MR) is 70.3 cm³/mol. The minimum Gasteiger partial charge on any atom is -0.492 e. The molecule has 1 aromatic rings. The summed E-state index contributed by atoms with van der Waals surface area (Å²) in [5.41, 5.74) is 0.753. The van der Waals surface area contributed by atoms with E-state index in [1.165, 1.54) is 0 Å². The summed E-state index contributed by atoms with van der Waals surface area (Å²) in [6.07, 6.45) is 1.46. The van der Waals surface area contributed by atoms with Crippen molar-refractivity contribution in [3.05, 3.63) is 24.3 Å². The minimum atomic E-state index is 0.0471. The van der Waals surface area contributed by atoms with Gasteiger partial charge in [-0.15, -0.1) is 0 Å². The fraction of sp³-hybridized carbons (Fsp3) is 0.500. The number of carbonyl (C=O) groups excluding carboxylic acids is 1. The van der Waals surface area contributed by atoms with Gasteiger partial charge in [0.2, 0.25) is 5.91 Å². The summed E-state index contributed by atoms with van der Waals surface area (Å²) >= 11 is 0. The lowest BCUT2D eigenvalue weighted by Crippen LogP contribution is -2.13. The molecular formula is C14H21NO2. The van der Waals surface area contributed by atoms with Crippen LogP contribution in [0.25, 0.3) is 0 Å². The highest BCUT2D eigenvalue weighted by molar-refractivity contribution is 5.92. The summed E-state index contributed by atoms with van der Waals surface area (Å²) in [6.45, 7) is 6.75. The Morgan fingerprint density at radius 2 is 2.06 bits per heavy atom. The Labute approximate surface area is 103 Å². The lowest BCUT2D eigenvalue weighted by molar-refractivity contribution is -0.116. The van der Waals surface area contributed by atoms with Crippen molar-refractivity contribution >= 4 is 11.6 Å². The van der Waals surface area contributed by atoms with E-state index >= 15 is 0 Å². The van der Waals surface area contributed by atoms with Gasteiger partial charge in [-0.1, -0.05) is 26.0 Å². The fourth-order valence-electron chi connectivity index (χ4n) is 1.48. The van der Waals surface area contributed by atoms with Crippen molar-refractivity contribution in [2.24, 2.45) is 5.92 Å². The molecule has 0 heterocycles. The second-order valence-corrected chi connectivity index (χ2v) is 4.41. The molecule has 0 bridgehead atoms. The van der Waals surface area contributed by atoms with Gasteiger partial charge in [-0.2, -0.15) is 0 Å². The highest BCUT2D eigenvalue weighted by Gasteiger charge is 2.07. The van der Waals surface area contributed by atoms with E-state index in [0.29, 0.717) is 18.9 Å². The maximum absolute atomic E-state index is 11.7. The molecule has 0 radical (unpaired) electrons. The van der Waals surface area contributed by atoms with Crippen LogP contribution in [0.5, 0.6) is 5.75 Å². The molecule has 3 nitrogen and oxygen atoms in total. The number of rotatable bonds is 6. The molecule has 94 valence electrons. The normalized spacial score (nSPS) is 10.4.